The molecule has 1 fully saturated rings. The zero-order valence-corrected chi connectivity index (χ0v) is 10.2. The Bertz CT molecular complexity index is 128. The molecule has 1 aliphatic carbocycles. The van der Waals surface area contributed by atoms with Gasteiger partial charge in [-0.3, -0.25) is 0 Å². The number of rotatable bonds is 3. The Morgan fingerprint density at radius 3 is 2.08 bits per heavy atom. The molecule has 0 spiro atoms. The second kappa shape index (κ2) is 5.87. The molecule has 0 N–H and O–H groups in total. The Morgan fingerprint density at radius 2 is 1.62 bits per heavy atom. The van der Waals surface area contributed by atoms with Crippen LogP contribution >= 0.6 is 12.4 Å². The van der Waals surface area contributed by atoms with E-state index < -0.39 is 0 Å². The Morgan fingerprint density at radius 1 is 1.08 bits per heavy atom. The summed E-state index contributed by atoms with van der Waals surface area (Å²) < 4.78 is 1.21. The van der Waals surface area contributed by atoms with Crippen LogP contribution in [0.1, 0.15) is 39.0 Å². The molecular weight excluding hydrogens is 182 g/mol. The maximum atomic E-state index is 2.36. The van der Waals surface area contributed by atoms with Gasteiger partial charge in [-0.25, -0.2) is 0 Å². The first-order valence-corrected chi connectivity index (χ1v) is 5.46. The SMILES string of the molecule is CC[N+](C)(C)CC1CCCCC1.Cl. The van der Waals surface area contributed by atoms with Gasteiger partial charge in [-0.15, -0.1) is 12.4 Å². The van der Waals surface area contributed by atoms with E-state index in [1.165, 1.54) is 49.7 Å². The van der Waals surface area contributed by atoms with Crippen LogP contribution in [0.2, 0.25) is 0 Å². The van der Waals surface area contributed by atoms with Crippen LogP contribution in [0.4, 0.5) is 0 Å². The molecule has 2 heteroatoms. The van der Waals surface area contributed by atoms with Gasteiger partial charge in [0.15, 0.2) is 0 Å². The molecule has 0 aromatic heterocycles. The lowest BCUT2D eigenvalue weighted by Gasteiger charge is -2.33. The molecule has 1 rings (SSSR count). The fourth-order valence-electron chi connectivity index (χ4n) is 2.20. The fraction of sp³-hybridized carbons (Fsp3) is 1.00. The van der Waals surface area contributed by atoms with Crippen molar-refractivity contribution in [1.29, 1.82) is 0 Å². The second-order valence-corrected chi connectivity index (χ2v) is 4.94. The molecule has 80 valence electrons. The predicted molar refractivity (Wildman–Crippen MR) is 61.3 cm³/mol. The molecule has 0 bridgehead atoms. The number of hydrogen-bond donors (Lipinski definition) is 0. The Hall–Kier alpha value is 0.250. The maximum absolute atomic E-state index is 2.36. The minimum atomic E-state index is 0. The van der Waals surface area contributed by atoms with E-state index in [1.54, 1.807) is 0 Å². The van der Waals surface area contributed by atoms with Crippen molar-refractivity contribution in [3.63, 3.8) is 0 Å². The standard InChI is InChI=1S/C11H24N.ClH/c1-4-12(2,3)10-11-8-6-5-7-9-11;/h11H,4-10H2,1-3H3;1H/q+1;. The highest BCUT2D eigenvalue weighted by atomic mass is 35.5. The van der Waals surface area contributed by atoms with Crippen LogP contribution in [0.3, 0.4) is 0 Å². The molecule has 0 unspecified atom stereocenters. The van der Waals surface area contributed by atoms with Gasteiger partial charge in [0.1, 0.15) is 0 Å². The second-order valence-electron chi connectivity index (χ2n) is 4.94. The van der Waals surface area contributed by atoms with Crippen LogP contribution in [-0.2, 0) is 0 Å². The molecule has 0 radical (unpaired) electrons. The summed E-state index contributed by atoms with van der Waals surface area (Å²) in [5.41, 5.74) is 0. The van der Waals surface area contributed by atoms with E-state index >= 15 is 0 Å². The lowest BCUT2D eigenvalue weighted by Crippen LogP contribution is -2.43. The van der Waals surface area contributed by atoms with Gasteiger partial charge < -0.3 is 4.48 Å². The van der Waals surface area contributed by atoms with Gasteiger partial charge in [0.25, 0.3) is 0 Å². The molecular formula is C11H25ClN+. The zero-order valence-electron chi connectivity index (χ0n) is 9.38. The first-order valence-electron chi connectivity index (χ1n) is 5.46. The first kappa shape index (κ1) is 13.2. The smallest absolute Gasteiger partial charge is 0.0810 e. The van der Waals surface area contributed by atoms with Crippen molar-refractivity contribution in [2.75, 3.05) is 27.2 Å². The van der Waals surface area contributed by atoms with Crippen molar-refractivity contribution >= 4 is 12.4 Å². The largest absolute Gasteiger partial charge is 0.328 e. The van der Waals surface area contributed by atoms with Gasteiger partial charge in [0, 0.05) is 5.92 Å². The van der Waals surface area contributed by atoms with E-state index in [4.69, 9.17) is 0 Å². The number of hydrogen-bond acceptors (Lipinski definition) is 0. The number of nitrogens with zero attached hydrogens (tertiary/aromatic N) is 1. The van der Waals surface area contributed by atoms with E-state index in [-0.39, 0.29) is 12.4 Å². The lowest BCUT2D eigenvalue weighted by molar-refractivity contribution is -0.892. The summed E-state index contributed by atoms with van der Waals surface area (Å²) in [6.45, 7) is 4.97. The third kappa shape index (κ3) is 4.87. The highest BCUT2D eigenvalue weighted by molar-refractivity contribution is 5.85. The van der Waals surface area contributed by atoms with Crippen LogP contribution < -0.4 is 0 Å². The van der Waals surface area contributed by atoms with Gasteiger partial charge in [-0.1, -0.05) is 19.3 Å². The normalized spacial score (nSPS) is 19.6. The summed E-state index contributed by atoms with van der Waals surface area (Å²) in [4.78, 5) is 0. The van der Waals surface area contributed by atoms with Crippen LogP contribution in [0.5, 0.6) is 0 Å². The number of halogens is 1. The lowest BCUT2D eigenvalue weighted by atomic mass is 9.88. The third-order valence-corrected chi connectivity index (χ3v) is 3.33. The Kier molecular flexibility index (Phi) is 5.98. The molecule has 13 heavy (non-hydrogen) atoms. The molecule has 0 aliphatic heterocycles. The van der Waals surface area contributed by atoms with E-state index in [2.05, 4.69) is 21.0 Å². The van der Waals surface area contributed by atoms with Crippen LogP contribution in [0, 0.1) is 5.92 Å². The van der Waals surface area contributed by atoms with Crippen molar-refractivity contribution in [2.45, 2.75) is 39.0 Å². The van der Waals surface area contributed by atoms with Gasteiger partial charge >= 0.3 is 0 Å². The quantitative estimate of drug-likeness (QED) is 0.623. The molecule has 0 aromatic carbocycles. The van der Waals surface area contributed by atoms with Crippen LogP contribution in [-0.4, -0.2) is 31.7 Å². The van der Waals surface area contributed by atoms with Gasteiger partial charge in [-0.2, -0.15) is 0 Å². The van der Waals surface area contributed by atoms with E-state index in [0.717, 1.165) is 5.92 Å². The predicted octanol–water partition coefficient (Wildman–Crippen LogP) is 3.08. The molecule has 0 aromatic rings. The van der Waals surface area contributed by atoms with Crippen molar-refractivity contribution < 1.29 is 4.48 Å². The van der Waals surface area contributed by atoms with Gasteiger partial charge in [-0.05, 0) is 19.8 Å². The maximum Gasteiger partial charge on any atom is 0.0810 e. The van der Waals surface area contributed by atoms with Gasteiger partial charge in [0.2, 0.25) is 0 Å². The molecule has 0 heterocycles. The fourth-order valence-corrected chi connectivity index (χ4v) is 2.20. The summed E-state index contributed by atoms with van der Waals surface area (Å²) in [5, 5.41) is 0. The summed E-state index contributed by atoms with van der Waals surface area (Å²) in [5.74, 6) is 1.02. The van der Waals surface area contributed by atoms with Crippen LogP contribution in [0.15, 0.2) is 0 Å². The minimum Gasteiger partial charge on any atom is -0.328 e. The molecule has 0 amide bonds. The average Bonchev–Trinajstić information content (AvgIpc) is 2.06. The molecule has 1 saturated carbocycles. The molecule has 1 aliphatic rings. The van der Waals surface area contributed by atoms with Crippen molar-refractivity contribution in [3.8, 4) is 0 Å². The zero-order chi connectivity index (χ0) is 9.03. The van der Waals surface area contributed by atoms with Crippen molar-refractivity contribution in [1.82, 2.24) is 0 Å². The van der Waals surface area contributed by atoms with Gasteiger partial charge in [0.05, 0.1) is 27.2 Å². The summed E-state index contributed by atoms with van der Waals surface area (Å²) in [6, 6.07) is 0. The summed E-state index contributed by atoms with van der Waals surface area (Å²) >= 11 is 0. The Labute approximate surface area is 89.5 Å². The van der Waals surface area contributed by atoms with E-state index in [9.17, 15) is 0 Å². The van der Waals surface area contributed by atoms with Crippen molar-refractivity contribution in [2.24, 2.45) is 5.92 Å². The monoisotopic (exact) mass is 206 g/mol. The summed E-state index contributed by atoms with van der Waals surface area (Å²) in [7, 11) is 4.71. The van der Waals surface area contributed by atoms with E-state index in [1.807, 2.05) is 0 Å². The average molecular weight is 207 g/mol. The highest BCUT2D eigenvalue weighted by Crippen LogP contribution is 2.25. The summed E-state index contributed by atoms with van der Waals surface area (Å²) in [6.07, 6.45) is 7.42. The molecule has 1 nitrogen and oxygen atoms in total. The third-order valence-electron chi connectivity index (χ3n) is 3.33. The number of quaternary nitrogens is 1. The minimum absolute atomic E-state index is 0. The molecule has 0 atom stereocenters. The topological polar surface area (TPSA) is 0 Å². The Balaban J connectivity index is 0.00000144. The molecule has 0 saturated heterocycles. The first-order chi connectivity index (χ1) is 5.64. The highest BCUT2D eigenvalue weighted by Gasteiger charge is 2.21. The van der Waals surface area contributed by atoms with E-state index in [0.29, 0.717) is 0 Å². The van der Waals surface area contributed by atoms with Crippen molar-refractivity contribution in [3.05, 3.63) is 0 Å². The van der Waals surface area contributed by atoms with Crippen LogP contribution in [0.25, 0.3) is 0 Å².